The van der Waals surface area contributed by atoms with Crippen LogP contribution in [-0.2, 0) is 22.4 Å². The average Bonchev–Trinajstić information content (AvgIpc) is 3.14. The number of ether oxygens (including phenoxy) is 8. The van der Waals surface area contributed by atoms with Gasteiger partial charge in [0.1, 0.15) is 12.6 Å². The van der Waals surface area contributed by atoms with Crippen molar-refractivity contribution in [1.82, 2.24) is 9.80 Å². The van der Waals surface area contributed by atoms with Crippen LogP contribution in [0.4, 0.5) is 0 Å². The minimum absolute atomic E-state index is 0.00531. The van der Waals surface area contributed by atoms with Crippen molar-refractivity contribution in [1.29, 1.82) is 5.26 Å². The lowest BCUT2D eigenvalue weighted by molar-refractivity contribution is -0.143. The van der Waals surface area contributed by atoms with Crippen LogP contribution in [0.2, 0.25) is 0 Å². The number of carbonyl (C=O) groups is 1. The van der Waals surface area contributed by atoms with Crippen LogP contribution >= 0.6 is 0 Å². The van der Waals surface area contributed by atoms with Gasteiger partial charge < -0.3 is 37.9 Å². The molecular formula is C38H43N3O9. The van der Waals surface area contributed by atoms with Crippen LogP contribution in [0, 0.1) is 11.3 Å². The zero-order chi connectivity index (χ0) is 35.7. The van der Waals surface area contributed by atoms with Crippen molar-refractivity contribution in [3.05, 3.63) is 70.3 Å². The maximum absolute atomic E-state index is 13.4. The first-order valence-electron chi connectivity index (χ1n) is 16.3. The summed E-state index contributed by atoms with van der Waals surface area (Å²) in [5.74, 6) is 3.29. The smallest absolute Gasteiger partial charge is 0.330 e. The van der Waals surface area contributed by atoms with E-state index in [1.54, 1.807) is 53.8 Å². The van der Waals surface area contributed by atoms with Crippen LogP contribution in [0.3, 0.4) is 0 Å². The van der Waals surface area contributed by atoms with Gasteiger partial charge in [-0.3, -0.25) is 9.80 Å². The normalized spacial score (nSPS) is 22.3. The molecule has 0 aromatic heterocycles. The van der Waals surface area contributed by atoms with Crippen molar-refractivity contribution in [2.75, 3.05) is 63.4 Å². The molecule has 0 aliphatic carbocycles. The second-order valence-corrected chi connectivity index (χ2v) is 12.4. The number of rotatable bonds is 11. The SMILES string of the molecule is COc1cc2c(cc1OC)[C@@H]1[C@@H]3Cc4cc(OC)c(OC)cc4[C@H](COC(=O)/C=C/c4ccc(OC)c(OC)c4OC)N3[C@@H](C#N)[C@H](C2)N1C. The molecular weight excluding hydrogens is 642 g/mol. The van der Waals surface area contributed by atoms with Gasteiger partial charge in [0.2, 0.25) is 5.75 Å². The van der Waals surface area contributed by atoms with Crippen LogP contribution < -0.4 is 33.2 Å². The lowest BCUT2D eigenvalue weighted by atomic mass is 9.72. The molecule has 1 saturated heterocycles. The van der Waals surface area contributed by atoms with E-state index in [9.17, 15) is 10.1 Å². The van der Waals surface area contributed by atoms with E-state index in [0.717, 1.165) is 22.3 Å². The zero-order valence-electron chi connectivity index (χ0n) is 29.6. The molecule has 1 fully saturated rings. The molecule has 5 atom stereocenters. The molecule has 3 heterocycles. The van der Waals surface area contributed by atoms with Gasteiger partial charge in [0, 0.05) is 23.7 Å². The Morgan fingerprint density at radius 1 is 0.760 bits per heavy atom. The van der Waals surface area contributed by atoms with Crippen molar-refractivity contribution in [2.24, 2.45) is 0 Å². The van der Waals surface area contributed by atoms with Gasteiger partial charge in [-0.05, 0) is 84.6 Å². The van der Waals surface area contributed by atoms with Crippen molar-refractivity contribution < 1.29 is 42.7 Å². The van der Waals surface area contributed by atoms with E-state index in [2.05, 4.69) is 29.0 Å². The molecule has 0 N–H and O–H groups in total. The third kappa shape index (κ3) is 5.80. The van der Waals surface area contributed by atoms with Crippen molar-refractivity contribution in [3.8, 4) is 46.3 Å². The number of benzene rings is 3. The topological polar surface area (TPSA) is 121 Å². The Kier molecular flexibility index (Phi) is 10.00. The first-order chi connectivity index (χ1) is 24.3. The second-order valence-electron chi connectivity index (χ2n) is 12.4. The van der Waals surface area contributed by atoms with E-state index in [1.165, 1.54) is 20.3 Å². The third-order valence-electron chi connectivity index (χ3n) is 10.2. The van der Waals surface area contributed by atoms with E-state index in [0.29, 0.717) is 58.7 Å². The molecule has 0 unspecified atom stereocenters. The largest absolute Gasteiger partial charge is 0.493 e. The number of likely N-dealkylation sites (N-methyl/N-ethyl adjacent to an activating group) is 1. The first-order valence-corrected chi connectivity index (χ1v) is 16.3. The third-order valence-corrected chi connectivity index (χ3v) is 10.2. The summed E-state index contributed by atoms with van der Waals surface area (Å²) in [5, 5.41) is 10.8. The fourth-order valence-corrected chi connectivity index (χ4v) is 7.97. The fraction of sp³-hybridized carbons (Fsp3) is 0.421. The summed E-state index contributed by atoms with van der Waals surface area (Å²) < 4.78 is 45.2. The Bertz CT molecular complexity index is 1840. The van der Waals surface area contributed by atoms with Gasteiger partial charge in [-0.25, -0.2) is 4.79 Å². The summed E-state index contributed by atoms with van der Waals surface area (Å²) in [7, 11) is 13.1. The highest BCUT2D eigenvalue weighted by atomic mass is 16.5. The van der Waals surface area contributed by atoms with Gasteiger partial charge in [0.15, 0.2) is 34.5 Å². The average molecular weight is 686 g/mol. The lowest BCUT2D eigenvalue weighted by Gasteiger charge is -2.59. The van der Waals surface area contributed by atoms with Gasteiger partial charge in [0.05, 0.1) is 67.9 Å². The van der Waals surface area contributed by atoms with E-state index in [-0.39, 0.29) is 24.7 Å². The predicted molar refractivity (Wildman–Crippen MR) is 185 cm³/mol. The minimum atomic E-state index is -0.545. The number of hydrogen-bond acceptors (Lipinski definition) is 12. The number of nitriles is 1. The van der Waals surface area contributed by atoms with Crippen LogP contribution in [-0.4, -0.2) is 97.3 Å². The molecule has 3 aromatic carbocycles. The number of fused-ring (bicyclic) bond motifs is 7. The molecule has 3 aliphatic rings. The highest BCUT2D eigenvalue weighted by molar-refractivity contribution is 5.88. The van der Waals surface area contributed by atoms with E-state index >= 15 is 0 Å². The summed E-state index contributed by atoms with van der Waals surface area (Å²) in [6.07, 6.45) is 4.25. The highest BCUT2D eigenvalue weighted by Crippen LogP contribution is 2.52. The molecule has 3 aromatic rings. The van der Waals surface area contributed by atoms with E-state index in [1.807, 2.05) is 18.2 Å². The van der Waals surface area contributed by atoms with Gasteiger partial charge in [-0.2, -0.15) is 5.26 Å². The Hall–Kier alpha value is -5.12. The molecule has 2 bridgehead atoms. The number of carbonyl (C=O) groups excluding carboxylic acids is 1. The summed E-state index contributed by atoms with van der Waals surface area (Å²) in [6.45, 7) is 0.00531. The zero-order valence-corrected chi connectivity index (χ0v) is 29.6. The Morgan fingerprint density at radius 3 is 1.90 bits per heavy atom. The molecule has 12 heteroatoms. The Labute approximate surface area is 292 Å². The Morgan fingerprint density at radius 2 is 1.32 bits per heavy atom. The number of piperazine rings is 1. The van der Waals surface area contributed by atoms with E-state index < -0.39 is 18.1 Å². The van der Waals surface area contributed by atoms with Gasteiger partial charge in [0.25, 0.3) is 0 Å². The molecule has 0 saturated carbocycles. The molecule has 3 aliphatic heterocycles. The molecule has 50 heavy (non-hydrogen) atoms. The first kappa shape index (κ1) is 34.7. The molecule has 0 radical (unpaired) electrons. The molecule has 6 rings (SSSR count). The Balaban J connectivity index is 1.39. The quantitative estimate of drug-likeness (QED) is 0.204. The lowest BCUT2D eigenvalue weighted by Crippen LogP contribution is -2.68. The second kappa shape index (κ2) is 14.4. The summed E-state index contributed by atoms with van der Waals surface area (Å²) in [4.78, 5) is 17.9. The van der Waals surface area contributed by atoms with Gasteiger partial charge >= 0.3 is 5.97 Å². The van der Waals surface area contributed by atoms with Crippen molar-refractivity contribution >= 4 is 12.0 Å². The minimum Gasteiger partial charge on any atom is -0.493 e. The maximum atomic E-state index is 13.4. The van der Waals surface area contributed by atoms with Crippen LogP contribution in [0.1, 0.15) is 39.9 Å². The van der Waals surface area contributed by atoms with Gasteiger partial charge in [-0.15, -0.1) is 0 Å². The highest BCUT2D eigenvalue weighted by Gasteiger charge is 2.54. The van der Waals surface area contributed by atoms with Crippen LogP contribution in [0.25, 0.3) is 6.08 Å². The molecule has 12 nitrogen and oxygen atoms in total. The van der Waals surface area contributed by atoms with Crippen LogP contribution in [0.15, 0.2) is 42.5 Å². The van der Waals surface area contributed by atoms with Crippen molar-refractivity contribution in [3.63, 3.8) is 0 Å². The summed E-state index contributed by atoms with van der Waals surface area (Å²) in [6, 6.07) is 12.9. The van der Waals surface area contributed by atoms with Crippen LogP contribution in [0.5, 0.6) is 40.2 Å². The summed E-state index contributed by atoms with van der Waals surface area (Å²) in [5.41, 5.74) is 4.83. The fourth-order valence-electron chi connectivity index (χ4n) is 7.97. The number of hydrogen-bond donors (Lipinski definition) is 0. The van der Waals surface area contributed by atoms with E-state index in [4.69, 9.17) is 37.9 Å². The maximum Gasteiger partial charge on any atom is 0.330 e. The molecule has 264 valence electrons. The predicted octanol–water partition coefficient (Wildman–Crippen LogP) is 4.77. The number of methoxy groups -OCH3 is 7. The monoisotopic (exact) mass is 685 g/mol. The molecule has 0 amide bonds. The molecule has 0 spiro atoms. The van der Waals surface area contributed by atoms with Gasteiger partial charge in [-0.1, -0.05) is 0 Å². The summed E-state index contributed by atoms with van der Waals surface area (Å²) >= 11 is 0. The standard InChI is InChI=1S/C38H43N3O9/c1-40-26-13-23-16-32(45-4)34(47-6)18-25(23)36(40)27-14-22-15-31(44-3)33(46-5)17-24(22)29(41(27)28(26)19-39)20-50-35(42)12-10-21-9-11-30(43-2)38(49-8)37(21)48-7/h9-12,15-18,26-29,36H,13-14,20H2,1-8H3/b12-10+/t26-,27-,28-,29-,36+/m0/s1. The number of esters is 1. The van der Waals surface area contributed by atoms with Crippen molar-refractivity contribution in [2.45, 2.75) is 43.1 Å². The number of nitrogens with zero attached hydrogens (tertiary/aromatic N) is 3.